The maximum Gasteiger partial charge on any atom is 0.394 e. The van der Waals surface area contributed by atoms with Gasteiger partial charge in [0, 0.05) is 89.6 Å². The standard InChI is InChI=1S/C79H124F6N12O14/c1-15-47(3)65-73(107)91(9)44-64(100)92(10)56-27-18-17-21-36-96(72(56)106)60(38-49-28-32-52(33-29-49)78(80,81)82)71(105)90(8)43-62(98)86-55(35-31-50-30-34-54(79(83,84)85)61(39-50)110-14)69(103)97-42-53(111-16-2)40-58(97)68(102)88-77(45-76(4,5)46-77)75(109)95(13)66(51-25-19-20-26-51)74(108)94(12)59(70(104)89(6)7)41-63(99)93(11)57(67(101)87-65)37-48-23-22-24-48/h17-18,47-61,65-66H,15-16,19-46H2,1-14H3,(H,86,98)(H,87,101)(H,88,102)/b18-17-/t47-,49?,50?,52?,53+,54?,55-,56-,57-,58-,59-,60-,61?,65-,66-/m0/s1. The molecule has 2 saturated heterocycles. The number of nitrogens with zero attached hydrogens (tertiary/aromatic N) is 9. The summed E-state index contributed by atoms with van der Waals surface area (Å²) >= 11 is 0. The van der Waals surface area contributed by atoms with E-state index in [0.717, 1.165) is 34.0 Å². The van der Waals surface area contributed by atoms with Crippen LogP contribution in [0.4, 0.5) is 26.3 Å². The van der Waals surface area contributed by atoms with Gasteiger partial charge in [-0.05, 0) is 151 Å². The number of rotatable bonds is 14. The van der Waals surface area contributed by atoms with Crippen molar-refractivity contribution in [1.82, 2.24) is 60.0 Å². The van der Waals surface area contributed by atoms with Crippen LogP contribution in [-0.4, -0.2) is 290 Å². The number of hydrogen-bond acceptors (Lipinski definition) is 14. The van der Waals surface area contributed by atoms with Gasteiger partial charge in [-0.1, -0.05) is 78.4 Å². The molecule has 8 rings (SSSR count). The lowest BCUT2D eigenvalue weighted by molar-refractivity contribution is -0.215. The van der Waals surface area contributed by atoms with E-state index in [-0.39, 0.29) is 128 Å². The smallest absolute Gasteiger partial charge is 0.381 e. The topological polar surface area (TPSA) is 289 Å². The van der Waals surface area contributed by atoms with Gasteiger partial charge >= 0.3 is 12.4 Å². The van der Waals surface area contributed by atoms with Crippen molar-refractivity contribution in [2.45, 2.75) is 274 Å². The second kappa shape index (κ2) is 37.9. The number of hydrogen-bond donors (Lipinski definition) is 3. The molecular formula is C79H124F6N12O14. The first-order valence-corrected chi connectivity index (χ1v) is 40.3. The number of halogens is 6. The molecule has 0 aromatic carbocycles. The van der Waals surface area contributed by atoms with Crippen LogP contribution in [0.25, 0.3) is 0 Å². The minimum atomic E-state index is -4.57. The van der Waals surface area contributed by atoms with E-state index in [2.05, 4.69) is 16.0 Å². The fourth-order valence-electron chi connectivity index (χ4n) is 18.8. The molecule has 8 aliphatic rings. The molecule has 3 N–H and O–H groups in total. The lowest BCUT2D eigenvalue weighted by Gasteiger charge is -2.54. The van der Waals surface area contributed by atoms with Crippen LogP contribution in [0.1, 0.15) is 195 Å². The Bertz CT molecular complexity index is 3350. The van der Waals surface area contributed by atoms with Crippen LogP contribution in [0.2, 0.25) is 0 Å². The molecule has 12 amide bonds. The Morgan fingerprint density at radius 3 is 1.83 bits per heavy atom. The number of amides is 12. The number of carbonyl (C=O) groups excluding carboxylic acids is 12. The minimum Gasteiger partial charge on any atom is -0.381 e. The van der Waals surface area contributed by atoms with E-state index in [4.69, 9.17) is 9.47 Å². The van der Waals surface area contributed by atoms with Crippen molar-refractivity contribution < 1.29 is 93.4 Å². The van der Waals surface area contributed by atoms with Gasteiger partial charge in [0.15, 0.2) is 0 Å². The Morgan fingerprint density at radius 1 is 0.631 bits per heavy atom. The molecule has 3 heterocycles. The van der Waals surface area contributed by atoms with Gasteiger partial charge in [0.1, 0.15) is 53.9 Å². The van der Waals surface area contributed by atoms with Crippen molar-refractivity contribution in [3.05, 3.63) is 12.2 Å². The number of alkyl halides is 6. The van der Waals surface area contributed by atoms with Gasteiger partial charge in [-0.3, -0.25) is 57.5 Å². The highest BCUT2D eigenvalue weighted by Crippen LogP contribution is 2.50. The van der Waals surface area contributed by atoms with Crippen LogP contribution in [0.3, 0.4) is 0 Å². The Hall–Kier alpha value is -7.12. The predicted molar refractivity (Wildman–Crippen MR) is 398 cm³/mol. The van der Waals surface area contributed by atoms with Gasteiger partial charge in [0.2, 0.25) is 70.9 Å². The van der Waals surface area contributed by atoms with Crippen molar-refractivity contribution >= 4 is 70.9 Å². The third kappa shape index (κ3) is 21.7. The molecule has 1 spiro atoms. The third-order valence-electron chi connectivity index (χ3n) is 25.7. The number of likely N-dealkylation sites (N-methyl/N-ethyl adjacent to an activating group) is 7. The Kier molecular flexibility index (Phi) is 30.5. The largest absolute Gasteiger partial charge is 0.394 e. The van der Waals surface area contributed by atoms with Crippen LogP contribution in [0.15, 0.2) is 12.2 Å². The lowest BCUT2D eigenvalue weighted by atomic mass is 9.58. The monoisotopic (exact) mass is 1580 g/mol. The fraction of sp³-hybridized carbons (Fsp3) is 0.823. The van der Waals surface area contributed by atoms with E-state index in [0.29, 0.717) is 32.1 Å². The molecule has 13 atom stereocenters. The molecule has 5 saturated carbocycles. The molecule has 3 aliphatic heterocycles. The normalized spacial score (nSPS) is 32.0. The fourth-order valence-corrected chi connectivity index (χ4v) is 18.8. The van der Waals surface area contributed by atoms with Crippen molar-refractivity contribution in [1.29, 1.82) is 0 Å². The minimum absolute atomic E-state index is 0.000201. The average Bonchev–Trinajstić information content (AvgIpc) is 1.46. The average molecular weight is 1580 g/mol. The molecule has 5 aliphatic carbocycles. The zero-order valence-electron chi connectivity index (χ0n) is 67.7. The number of nitrogens with one attached hydrogen (secondary N) is 3. The third-order valence-corrected chi connectivity index (χ3v) is 25.7. The summed E-state index contributed by atoms with van der Waals surface area (Å²) in [6.07, 6.45) is -3.64. The van der Waals surface area contributed by atoms with Crippen LogP contribution < -0.4 is 16.0 Å². The van der Waals surface area contributed by atoms with Crippen LogP contribution in [0, 0.1) is 46.8 Å². The Balaban J connectivity index is 1.22. The second-order valence-corrected chi connectivity index (χ2v) is 34.4. The highest BCUT2D eigenvalue weighted by atomic mass is 19.4. The lowest BCUT2D eigenvalue weighted by Crippen LogP contribution is -2.71. The first kappa shape index (κ1) is 89.4. The zero-order chi connectivity index (χ0) is 82.1. The van der Waals surface area contributed by atoms with E-state index in [9.17, 15) is 45.5 Å². The Morgan fingerprint density at radius 2 is 1.25 bits per heavy atom. The SMILES string of the molecule is CCO[C@@H]1C[C@H]2C(=O)NC3(CC(C)(C)C3)C(=O)N(C)[C@@H](C3CCCC3)C(=O)N(C)[C@H](C(=O)N(C)C)CC(=O)N(C)[C@@H](CC3CCC3)C(=O)N[C@@H]([C@@H](C)CC)C(=O)N(C)CC(=O)N(C)[C@H]3C/C=C\CCN(C3=O)[C@@H](CC3CCC(C(F)(F)F)CC3)C(=O)N(C)CC(=O)N[C@@H](CCC3CCC(C(F)(F)F)C(OC)C3)C(=O)N2C1. The number of methoxy groups -OCH3 is 1. The van der Waals surface area contributed by atoms with E-state index in [1.54, 1.807) is 26.0 Å². The van der Waals surface area contributed by atoms with Crippen LogP contribution in [0.5, 0.6) is 0 Å². The molecule has 111 heavy (non-hydrogen) atoms. The van der Waals surface area contributed by atoms with Gasteiger partial charge in [0.25, 0.3) is 0 Å². The quantitative estimate of drug-likeness (QED) is 0.118. The summed E-state index contributed by atoms with van der Waals surface area (Å²) < 4.78 is 97.1. The van der Waals surface area contributed by atoms with Gasteiger partial charge in [-0.15, -0.1) is 0 Å². The summed E-state index contributed by atoms with van der Waals surface area (Å²) in [6, 6.07) is -10.8. The first-order valence-electron chi connectivity index (χ1n) is 40.3. The summed E-state index contributed by atoms with van der Waals surface area (Å²) in [5.74, 6) is -14.1. The maximum absolute atomic E-state index is 15.9. The summed E-state index contributed by atoms with van der Waals surface area (Å²) in [5, 5.41) is 8.79. The molecule has 3 unspecified atom stereocenters. The second-order valence-electron chi connectivity index (χ2n) is 34.4. The Labute approximate surface area is 650 Å². The van der Waals surface area contributed by atoms with Gasteiger partial charge < -0.3 is 69.5 Å². The first-order chi connectivity index (χ1) is 52.1. The number of carbonyl (C=O) groups is 12. The zero-order valence-corrected chi connectivity index (χ0v) is 67.7. The molecule has 32 heteroatoms. The highest BCUT2D eigenvalue weighted by molar-refractivity contribution is 6.01. The predicted octanol–water partition coefficient (Wildman–Crippen LogP) is 6.86. The maximum atomic E-state index is 15.9. The van der Waals surface area contributed by atoms with Crippen molar-refractivity contribution in [3.8, 4) is 0 Å². The van der Waals surface area contributed by atoms with Crippen molar-refractivity contribution in [2.75, 3.05) is 96.3 Å². The van der Waals surface area contributed by atoms with Crippen LogP contribution >= 0.6 is 0 Å². The molecule has 26 nitrogen and oxygen atoms in total. The van der Waals surface area contributed by atoms with Crippen LogP contribution in [-0.2, 0) is 67.0 Å². The van der Waals surface area contributed by atoms with E-state index in [1.165, 1.54) is 92.9 Å². The molecule has 7 fully saturated rings. The molecule has 626 valence electrons. The summed E-state index contributed by atoms with van der Waals surface area (Å²) in [5.41, 5.74) is -2.26. The van der Waals surface area contributed by atoms with Gasteiger partial charge in [-0.25, -0.2) is 0 Å². The van der Waals surface area contributed by atoms with E-state index < -0.39 is 210 Å². The van der Waals surface area contributed by atoms with E-state index in [1.807, 2.05) is 20.8 Å². The molecule has 0 aromatic heterocycles. The van der Waals surface area contributed by atoms with Crippen molar-refractivity contribution in [3.63, 3.8) is 0 Å². The highest BCUT2D eigenvalue weighted by Gasteiger charge is 2.60. The summed E-state index contributed by atoms with van der Waals surface area (Å²) in [7, 11) is 12.4. The summed E-state index contributed by atoms with van der Waals surface area (Å²) in [6.45, 7) is 7.52. The molecular weight excluding hydrogens is 1450 g/mol. The van der Waals surface area contributed by atoms with Crippen molar-refractivity contribution in [2.24, 2.45) is 46.8 Å². The molecule has 2 bridgehead atoms. The van der Waals surface area contributed by atoms with Gasteiger partial charge in [-0.2, -0.15) is 26.3 Å². The molecule has 0 aromatic rings. The van der Waals surface area contributed by atoms with Gasteiger partial charge in [0.05, 0.1) is 43.6 Å². The molecule has 0 radical (unpaired) electrons. The number of fused-ring (bicyclic) bond motifs is 3. The van der Waals surface area contributed by atoms with E-state index >= 15 is 38.4 Å². The number of ether oxygens (including phenoxy) is 2. The summed E-state index contributed by atoms with van der Waals surface area (Å²) in [4.78, 5) is 194.